The molecule has 0 unspecified atom stereocenters. The molecular formula is C19H23NO5. The van der Waals surface area contributed by atoms with E-state index >= 15 is 0 Å². The number of methoxy groups -OCH3 is 2. The molecule has 3 atom stereocenters. The maximum absolute atomic E-state index is 13.1. The van der Waals surface area contributed by atoms with Crippen molar-refractivity contribution in [3.05, 3.63) is 23.3 Å². The van der Waals surface area contributed by atoms with Crippen LogP contribution in [0.5, 0.6) is 11.5 Å². The van der Waals surface area contributed by atoms with Gasteiger partial charge in [0.2, 0.25) is 5.78 Å². The number of rotatable bonds is 2. The third kappa shape index (κ3) is 1.76. The van der Waals surface area contributed by atoms with Gasteiger partial charge in [0, 0.05) is 23.8 Å². The molecule has 0 bridgehead atoms. The van der Waals surface area contributed by atoms with Crippen molar-refractivity contribution >= 4 is 11.6 Å². The van der Waals surface area contributed by atoms with Gasteiger partial charge in [0.15, 0.2) is 17.3 Å². The minimum atomic E-state index is -0.992. The summed E-state index contributed by atoms with van der Waals surface area (Å²) in [5.41, 5.74) is 0.110. The second kappa shape index (κ2) is 5.29. The van der Waals surface area contributed by atoms with E-state index in [1.807, 2.05) is 18.0 Å². The predicted octanol–water partition coefficient (Wildman–Crippen LogP) is 1.38. The van der Waals surface area contributed by atoms with Crippen LogP contribution in [0.25, 0.3) is 0 Å². The van der Waals surface area contributed by atoms with Gasteiger partial charge in [0.05, 0.1) is 20.3 Å². The molecule has 0 spiro atoms. The number of likely N-dealkylation sites (N-methyl/N-ethyl adjacent to an activating group) is 1. The molecule has 0 radical (unpaired) electrons. The number of hydrogen-bond donors (Lipinski definition) is 1. The number of ether oxygens (including phenoxy) is 2. The Bertz CT molecular complexity index is 775. The fourth-order valence-electron chi connectivity index (χ4n) is 5.52. The maximum Gasteiger partial charge on any atom is 0.219 e. The fourth-order valence-corrected chi connectivity index (χ4v) is 5.52. The van der Waals surface area contributed by atoms with Gasteiger partial charge in [-0.05, 0) is 38.1 Å². The van der Waals surface area contributed by atoms with Crippen molar-refractivity contribution in [3.63, 3.8) is 0 Å². The van der Waals surface area contributed by atoms with Crippen molar-refractivity contribution in [2.24, 2.45) is 0 Å². The lowest BCUT2D eigenvalue weighted by Gasteiger charge is -2.55. The quantitative estimate of drug-likeness (QED) is 0.816. The Morgan fingerprint density at radius 3 is 2.64 bits per heavy atom. The number of benzene rings is 1. The molecule has 1 aromatic rings. The summed E-state index contributed by atoms with van der Waals surface area (Å²) in [6.45, 7) is 0.700. The van der Waals surface area contributed by atoms with E-state index in [1.165, 1.54) is 0 Å². The highest BCUT2D eigenvalue weighted by Crippen LogP contribution is 2.63. The van der Waals surface area contributed by atoms with Crippen LogP contribution in [-0.4, -0.2) is 54.9 Å². The maximum atomic E-state index is 13.1. The van der Waals surface area contributed by atoms with Gasteiger partial charge in [0.25, 0.3) is 0 Å². The molecular weight excluding hydrogens is 322 g/mol. The van der Waals surface area contributed by atoms with Gasteiger partial charge >= 0.3 is 0 Å². The summed E-state index contributed by atoms with van der Waals surface area (Å²) in [5.74, 6) is 0.452. The molecule has 1 aliphatic heterocycles. The number of hydrogen-bond acceptors (Lipinski definition) is 6. The molecule has 1 saturated heterocycles. The minimum absolute atomic E-state index is 0.240. The molecule has 25 heavy (non-hydrogen) atoms. The second-order valence-corrected chi connectivity index (χ2v) is 7.35. The van der Waals surface area contributed by atoms with E-state index in [1.54, 1.807) is 20.3 Å². The molecule has 2 aliphatic carbocycles. The molecule has 1 N–H and O–H groups in total. The highest BCUT2D eigenvalue weighted by Gasteiger charge is 2.69. The van der Waals surface area contributed by atoms with Crippen molar-refractivity contribution in [2.45, 2.75) is 42.7 Å². The fraction of sp³-hybridized carbons (Fsp3) is 0.579. The summed E-state index contributed by atoms with van der Waals surface area (Å²) >= 11 is 0. The molecule has 1 heterocycles. The third-order valence-corrected chi connectivity index (χ3v) is 6.63. The van der Waals surface area contributed by atoms with Gasteiger partial charge in [-0.25, -0.2) is 0 Å². The van der Waals surface area contributed by atoms with Gasteiger partial charge < -0.3 is 14.6 Å². The first-order valence-corrected chi connectivity index (χ1v) is 8.65. The number of carbonyl (C=O) groups excluding carboxylic acids is 2. The standard InChI is InChI=1S/C19H23NO5/c1-20-9-8-18-7-6-12(21)17(23)19(18,20)10-13(22)11-4-5-14(24-2)16(25-3)15(11)18/h4-5,13,22H,6-10H2,1-3H3/t13-,18+,19+/m0/s1. The normalized spacial score (nSPS) is 34.3. The van der Waals surface area contributed by atoms with Gasteiger partial charge in [-0.15, -0.1) is 0 Å². The van der Waals surface area contributed by atoms with Crippen molar-refractivity contribution in [3.8, 4) is 11.5 Å². The molecule has 0 aromatic heterocycles. The Hall–Kier alpha value is -1.92. The van der Waals surface area contributed by atoms with E-state index in [4.69, 9.17) is 9.47 Å². The van der Waals surface area contributed by atoms with Crippen LogP contribution in [0.1, 0.15) is 42.9 Å². The number of aliphatic hydroxyl groups excluding tert-OH is 1. The van der Waals surface area contributed by atoms with E-state index in [-0.39, 0.29) is 24.4 Å². The number of likely N-dealkylation sites (tertiary alicyclic amines) is 1. The Morgan fingerprint density at radius 2 is 1.96 bits per heavy atom. The third-order valence-electron chi connectivity index (χ3n) is 6.63. The SMILES string of the molecule is COc1ccc2c(c1OC)[C@]13CCC(=O)C(=O)[C@@]1(C[C@@H]2O)N(C)CC3. The highest BCUT2D eigenvalue weighted by atomic mass is 16.5. The molecule has 6 nitrogen and oxygen atoms in total. The lowest BCUT2D eigenvalue weighted by molar-refractivity contribution is -0.151. The van der Waals surface area contributed by atoms with E-state index in [2.05, 4.69) is 0 Å². The van der Waals surface area contributed by atoms with E-state index in [0.29, 0.717) is 24.5 Å². The van der Waals surface area contributed by atoms with Crippen LogP contribution >= 0.6 is 0 Å². The van der Waals surface area contributed by atoms with Gasteiger partial charge in [-0.3, -0.25) is 14.5 Å². The predicted molar refractivity (Wildman–Crippen MR) is 90.0 cm³/mol. The number of ketones is 2. The van der Waals surface area contributed by atoms with Crippen molar-refractivity contribution in [2.75, 3.05) is 27.8 Å². The average Bonchev–Trinajstić information content (AvgIpc) is 2.92. The van der Waals surface area contributed by atoms with Crippen molar-refractivity contribution in [1.82, 2.24) is 4.90 Å². The molecule has 134 valence electrons. The summed E-state index contributed by atoms with van der Waals surface area (Å²) in [4.78, 5) is 27.4. The Labute approximate surface area is 146 Å². The van der Waals surface area contributed by atoms with Crippen LogP contribution in [0, 0.1) is 0 Å². The van der Waals surface area contributed by atoms with Crippen LogP contribution in [0.3, 0.4) is 0 Å². The first-order valence-electron chi connectivity index (χ1n) is 8.65. The van der Waals surface area contributed by atoms with Crippen LogP contribution in [0.2, 0.25) is 0 Å². The van der Waals surface area contributed by atoms with E-state index in [9.17, 15) is 14.7 Å². The topological polar surface area (TPSA) is 76.1 Å². The Kier molecular flexibility index (Phi) is 3.50. The molecule has 1 saturated carbocycles. The van der Waals surface area contributed by atoms with Crippen molar-refractivity contribution in [1.29, 1.82) is 0 Å². The average molecular weight is 345 g/mol. The van der Waals surface area contributed by atoms with Crippen LogP contribution in [0.4, 0.5) is 0 Å². The lowest BCUT2D eigenvalue weighted by Crippen LogP contribution is -2.67. The summed E-state index contributed by atoms with van der Waals surface area (Å²) in [7, 11) is 5.03. The molecule has 6 heteroatoms. The molecule has 0 amide bonds. The van der Waals surface area contributed by atoms with Gasteiger partial charge in [-0.1, -0.05) is 6.07 Å². The Morgan fingerprint density at radius 1 is 1.20 bits per heavy atom. The second-order valence-electron chi connectivity index (χ2n) is 7.35. The van der Waals surface area contributed by atoms with E-state index in [0.717, 1.165) is 17.5 Å². The lowest BCUT2D eigenvalue weighted by atomic mass is 9.51. The summed E-state index contributed by atoms with van der Waals surface area (Å²) in [5, 5.41) is 10.9. The number of fused-ring (bicyclic) bond motifs is 1. The van der Waals surface area contributed by atoms with Crippen molar-refractivity contribution < 1.29 is 24.2 Å². The first kappa shape index (κ1) is 16.5. The Balaban J connectivity index is 2.07. The minimum Gasteiger partial charge on any atom is -0.493 e. The number of aliphatic hydroxyl groups is 1. The zero-order chi connectivity index (χ0) is 18.0. The zero-order valence-corrected chi connectivity index (χ0v) is 14.8. The summed E-state index contributed by atoms with van der Waals surface area (Å²) in [6.07, 6.45) is 1.01. The zero-order valence-electron chi connectivity index (χ0n) is 14.8. The first-order chi connectivity index (χ1) is 11.9. The van der Waals surface area contributed by atoms with Crippen LogP contribution < -0.4 is 9.47 Å². The van der Waals surface area contributed by atoms with E-state index < -0.39 is 17.1 Å². The van der Waals surface area contributed by atoms with Gasteiger partial charge in [-0.2, -0.15) is 0 Å². The molecule has 4 rings (SSSR count). The number of carbonyl (C=O) groups is 2. The number of nitrogens with zero attached hydrogens (tertiary/aromatic N) is 1. The molecule has 2 fully saturated rings. The summed E-state index contributed by atoms with van der Waals surface area (Å²) in [6, 6.07) is 3.65. The van der Waals surface area contributed by atoms with Gasteiger partial charge in [0.1, 0.15) is 5.54 Å². The highest BCUT2D eigenvalue weighted by molar-refractivity contribution is 6.42. The smallest absolute Gasteiger partial charge is 0.219 e. The van der Waals surface area contributed by atoms with Crippen LogP contribution in [-0.2, 0) is 15.0 Å². The largest absolute Gasteiger partial charge is 0.493 e. The number of Topliss-reactive ketones (excluding diaryl/α,β-unsaturated/α-hetero) is 2. The van der Waals surface area contributed by atoms with Crippen LogP contribution in [0.15, 0.2) is 12.1 Å². The molecule has 3 aliphatic rings. The molecule has 1 aromatic carbocycles. The summed E-state index contributed by atoms with van der Waals surface area (Å²) < 4.78 is 11.1. The monoisotopic (exact) mass is 345 g/mol.